The molecule has 0 unspecified atom stereocenters. The summed E-state index contributed by atoms with van der Waals surface area (Å²) in [7, 11) is 0. The van der Waals surface area contributed by atoms with Crippen LogP contribution in [0.5, 0.6) is 0 Å². The average Bonchev–Trinajstić information content (AvgIpc) is 2.39. The topological polar surface area (TPSA) is 57.8 Å². The van der Waals surface area contributed by atoms with Crippen LogP contribution >= 0.6 is 0 Å². The summed E-state index contributed by atoms with van der Waals surface area (Å²) in [5.74, 6) is 0.679. The van der Waals surface area contributed by atoms with Crippen molar-refractivity contribution in [2.45, 2.75) is 19.9 Å². The summed E-state index contributed by atoms with van der Waals surface area (Å²) in [4.78, 5) is 19.5. The van der Waals surface area contributed by atoms with Gasteiger partial charge in [-0.3, -0.25) is 4.79 Å². The number of nitrogens with zero attached hydrogens (tertiary/aromatic N) is 1. The monoisotopic (exact) mass is 241 g/mol. The number of hydrogen-bond donors (Lipinski definition) is 2. The van der Waals surface area contributed by atoms with Crippen molar-refractivity contribution in [2.75, 3.05) is 6.54 Å². The highest BCUT2D eigenvalue weighted by Crippen LogP contribution is 2.19. The van der Waals surface area contributed by atoms with Gasteiger partial charge in [0.25, 0.3) is 5.56 Å². The minimum atomic E-state index is -0.0227. The fraction of sp³-hybridized carbons (Fsp3) is 0.286. The van der Waals surface area contributed by atoms with E-state index < -0.39 is 0 Å². The first-order valence-electron chi connectivity index (χ1n) is 6.14. The molecule has 0 atom stereocenters. The summed E-state index contributed by atoms with van der Waals surface area (Å²) in [5.41, 5.74) is 3.80. The van der Waals surface area contributed by atoms with Crippen LogP contribution in [0.1, 0.15) is 16.8 Å². The number of benzene rings is 1. The van der Waals surface area contributed by atoms with Crippen molar-refractivity contribution in [3.8, 4) is 11.4 Å². The van der Waals surface area contributed by atoms with Crippen molar-refractivity contribution in [3.05, 3.63) is 51.4 Å². The fourth-order valence-corrected chi connectivity index (χ4v) is 2.32. The first-order valence-corrected chi connectivity index (χ1v) is 6.14. The summed E-state index contributed by atoms with van der Waals surface area (Å²) in [6.07, 6.45) is 0.818. The van der Waals surface area contributed by atoms with E-state index in [1.807, 2.05) is 31.2 Å². The maximum absolute atomic E-state index is 12.0. The second-order valence-electron chi connectivity index (χ2n) is 4.58. The zero-order valence-corrected chi connectivity index (χ0v) is 10.3. The normalized spacial score (nSPS) is 14.3. The standard InChI is InChI=1S/C14H15N3O/c1-9-4-2-3-5-10(9)13-16-12-6-7-15-8-11(12)14(18)17-13/h2-5,15H,6-8H2,1H3,(H,16,17,18). The molecule has 0 saturated heterocycles. The van der Waals surface area contributed by atoms with E-state index in [9.17, 15) is 4.79 Å². The molecular weight excluding hydrogens is 226 g/mol. The Morgan fingerprint density at radius 1 is 1.28 bits per heavy atom. The highest BCUT2D eigenvalue weighted by Gasteiger charge is 2.16. The van der Waals surface area contributed by atoms with Crippen molar-refractivity contribution in [3.63, 3.8) is 0 Å². The number of H-pyrrole nitrogens is 1. The van der Waals surface area contributed by atoms with Crippen LogP contribution in [-0.4, -0.2) is 16.5 Å². The molecule has 3 rings (SSSR count). The number of rotatable bonds is 1. The smallest absolute Gasteiger partial charge is 0.255 e. The summed E-state index contributed by atoms with van der Waals surface area (Å²) in [6.45, 7) is 3.53. The van der Waals surface area contributed by atoms with E-state index in [-0.39, 0.29) is 5.56 Å². The Balaban J connectivity index is 2.17. The van der Waals surface area contributed by atoms with Crippen LogP contribution in [0.4, 0.5) is 0 Å². The van der Waals surface area contributed by atoms with E-state index in [4.69, 9.17) is 0 Å². The lowest BCUT2D eigenvalue weighted by atomic mass is 10.1. The summed E-state index contributed by atoms with van der Waals surface area (Å²) in [6, 6.07) is 7.96. The van der Waals surface area contributed by atoms with Crippen LogP contribution in [-0.2, 0) is 13.0 Å². The van der Waals surface area contributed by atoms with Crippen LogP contribution < -0.4 is 10.9 Å². The van der Waals surface area contributed by atoms with E-state index in [1.165, 1.54) is 0 Å². The molecule has 1 aromatic carbocycles. The Morgan fingerprint density at radius 3 is 2.94 bits per heavy atom. The lowest BCUT2D eigenvalue weighted by molar-refractivity contribution is 0.621. The third-order valence-electron chi connectivity index (χ3n) is 3.34. The Morgan fingerprint density at radius 2 is 2.11 bits per heavy atom. The van der Waals surface area contributed by atoms with E-state index in [0.29, 0.717) is 12.4 Å². The quantitative estimate of drug-likeness (QED) is 0.793. The number of aromatic nitrogens is 2. The first kappa shape index (κ1) is 11.2. The number of hydrogen-bond acceptors (Lipinski definition) is 3. The average molecular weight is 241 g/mol. The van der Waals surface area contributed by atoms with Crippen molar-refractivity contribution in [1.29, 1.82) is 0 Å². The molecule has 2 N–H and O–H groups in total. The van der Waals surface area contributed by atoms with Crippen molar-refractivity contribution in [2.24, 2.45) is 0 Å². The molecule has 0 aliphatic carbocycles. The first-order chi connectivity index (χ1) is 8.75. The number of nitrogens with one attached hydrogen (secondary N) is 2. The van der Waals surface area contributed by atoms with Crippen LogP contribution in [0.3, 0.4) is 0 Å². The van der Waals surface area contributed by atoms with Crippen LogP contribution in [0.15, 0.2) is 29.1 Å². The van der Waals surface area contributed by atoms with Gasteiger partial charge in [0.15, 0.2) is 0 Å². The predicted molar refractivity (Wildman–Crippen MR) is 70.4 cm³/mol. The third kappa shape index (κ3) is 1.84. The molecule has 1 aliphatic heterocycles. The molecule has 4 nitrogen and oxygen atoms in total. The predicted octanol–water partition coefficient (Wildman–Crippen LogP) is 1.39. The molecule has 4 heteroatoms. The van der Waals surface area contributed by atoms with Crippen molar-refractivity contribution in [1.82, 2.24) is 15.3 Å². The molecular formula is C14H15N3O. The molecule has 2 aromatic rings. The number of fused-ring (bicyclic) bond motifs is 1. The molecule has 0 amide bonds. The SMILES string of the molecule is Cc1ccccc1-c1nc2c(c(=O)[nH]1)CNCC2. The molecule has 0 spiro atoms. The molecule has 92 valence electrons. The molecule has 18 heavy (non-hydrogen) atoms. The van der Waals surface area contributed by atoms with Gasteiger partial charge in [-0.15, -0.1) is 0 Å². The number of aryl methyl sites for hydroxylation is 1. The van der Waals surface area contributed by atoms with E-state index in [0.717, 1.165) is 35.3 Å². The molecule has 1 aliphatic rings. The lowest BCUT2D eigenvalue weighted by Gasteiger charge is -2.16. The summed E-state index contributed by atoms with van der Waals surface area (Å²) in [5, 5.41) is 3.19. The maximum Gasteiger partial charge on any atom is 0.255 e. The van der Waals surface area contributed by atoms with Crippen molar-refractivity contribution < 1.29 is 0 Å². The Bertz CT molecular complexity index is 646. The van der Waals surface area contributed by atoms with E-state index >= 15 is 0 Å². The van der Waals surface area contributed by atoms with Gasteiger partial charge in [-0.25, -0.2) is 4.98 Å². The minimum absolute atomic E-state index is 0.0227. The second-order valence-corrected chi connectivity index (χ2v) is 4.58. The third-order valence-corrected chi connectivity index (χ3v) is 3.34. The molecule has 0 fully saturated rings. The maximum atomic E-state index is 12.0. The van der Waals surface area contributed by atoms with E-state index in [1.54, 1.807) is 0 Å². The molecule has 0 bridgehead atoms. The fourth-order valence-electron chi connectivity index (χ4n) is 2.32. The Kier molecular flexibility index (Phi) is 2.72. The highest BCUT2D eigenvalue weighted by molar-refractivity contribution is 5.59. The minimum Gasteiger partial charge on any atom is -0.312 e. The van der Waals surface area contributed by atoms with Gasteiger partial charge in [-0.2, -0.15) is 0 Å². The van der Waals surface area contributed by atoms with E-state index in [2.05, 4.69) is 15.3 Å². The van der Waals surface area contributed by atoms with Crippen LogP contribution in [0.25, 0.3) is 11.4 Å². The van der Waals surface area contributed by atoms with Gasteiger partial charge in [0, 0.05) is 25.1 Å². The van der Waals surface area contributed by atoms with Gasteiger partial charge in [-0.1, -0.05) is 24.3 Å². The molecule has 0 radical (unpaired) electrons. The molecule has 0 saturated carbocycles. The molecule has 2 heterocycles. The zero-order chi connectivity index (χ0) is 12.5. The Hall–Kier alpha value is -1.94. The Labute approximate surface area is 105 Å². The van der Waals surface area contributed by atoms with Crippen LogP contribution in [0.2, 0.25) is 0 Å². The summed E-state index contributed by atoms with van der Waals surface area (Å²) < 4.78 is 0. The van der Waals surface area contributed by atoms with Gasteiger partial charge in [0.2, 0.25) is 0 Å². The van der Waals surface area contributed by atoms with Gasteiger partial charge >= 0.3 is 0 Å². The largest absolute Gasteiger partial charge is 0.312 e. The zero-order valence-electron chi connectivity index (χ0n) is 10.3. The van der Waals surface area contributed by atoms with Crippen molar-refractivity contribution >= 4 is 0 Å². The van der Waals surface area contributed by atoms with Gasteiger partial charge in [-0.05, 0) is 12.5 Å². The summed E-state index contributed by atoms with van der Waals surface area (Å²) >= 11 is 0. The highest BCUT2D eigenvalue weighted by atomic mass is 16.1. The number of aromatic amines is 1. The lowest BCUT2D eigenvalue weighted by Crippen LogP contribution is -2.31. The molecule has 1 aromatic heterocycles. The second kappa shape index (κ2) is 4.38. The van der Waals surface area contributed by atoms with Crippen LogP contribution in [0, 0.1) is 6.92 Å². The van der Waals surface area contributed by atoms with Gasteiger partial charge < -0.3 is 10.3 Å². The van der Waals surface area contributed by atoms with Gasteiger partial charge in [0.1, 0.15) is 5.82 Å². The van der Waals surface area contributed by atoms with Gasteiger partial charge in [0.05, 0.1) is 11.3 Å².